The van der Waals surface area contributed by atoms with Crippen LogP contribution < -0.4 is 10.1 Å². The number of aliphatic hydroxyl groups excluding tert-OH is 1. The third-order valence-corrected chi connectivity index (χ3v) is 4.30. The van der Waals surface area contributed by atoms with E-state index >= 15 is 0 Å². The van der Waals surface area contributed by atoms with Crippen LogP contribution in [0.15, 0.2) is 18.2 Å². The molecule has 2 rings (SSSR count). The molecule has 0 fully saturated rings. The van der Waals surface area contributed by atoms with Crippen LogP contribution in [0.2, 0.25) is 0 Å². The predicted octanol–water partition coefficient (Wildman–Crippen LogP) is 2.71. The molecular formula is C17H25NO3. The van der Waals surface area contributed by atoms with E-state index in [0.29, 0.717) is 24.4 Å². The number of ether oxygens (including phenoxy) is 1. The van der Waals surface area contributed by atoms with Crippen LogP contribution in [0.25, 0.3) is 0 Å². The van der Waals surface area contributed by atoms with E-state index in [4.69, 9.17) is 9.84 Å². The minimum Gasteiger partial charge on any atom is -0.489 e. The molecular weight excluding hydrogens is 266 g/mol. The fourth-order valence-corrected chi connectivity index (χ4v) is 2.57. The van der Waals surface area contributed by atoms with Crippen LogP contribution in [-0.2, 0) is 0 Å². The van der Waals surface area contributed by atoms with E-state index in [0.717, 1.165) is 11.3 Å². The van der Waals surface area contributed by atoms with Gasteiger partial charge in [0.15, 0.2) is 0 Å². The summed E-state index contributed by atoms with van der Waals surface area (Å²) in [6.45, 7) is 8.85. The maximum absolute atomic E-state index is 12.4. The second-order valence-corrected chi connectivity index (χ2v) is 6.66. The van der Waals surface area contributed by atoms with Gasteiger partial charge in [-0.3, -0.25) is 4.79 Å². The normalized spacial score (nSPS) is 20.8. The Balaban J connectivity index is 2.12. The average molecular weight is 291 g/mol. The summed E-state index contributed by atoms with van der Waals surface area (Å²) in [5.41, 5.74) is 1.58. The van der Waals surface area contributed by atoms with Crippen molar-refractivity contribution in [3.05, 3.63) is 29.3 Å². The summed E-state index contributed by atoms with van der Waals surface area (Å²) in [6.07, 6.45) is 0.755. The van der Waals surface area contributed by atoms with Crippen LogP contribution in [0.5, 0.6) is 5.75 Å². The van der Waals surface area contributed by atoms with Crippen molar-refractivity contribution in [3.63, 3.8) is 0 Å². The number of hydrogen-bond donors (Lipinski definition) is 2. The van der Waals surface area contributed by atoms with Gasteiger partial charge in [0.05, 0.1) is 5.56 Å². The lowest BCUT2D eigenvalue weighted by molar-refractivity contribution is 0.0923. The number of aliphatic hydroxyl groups is 1. The van der Waals surface area contributed by atoms with Gasteiger partial charge in [0.1, 0.15) is 11.9 Å². The first-order chi connectivity index (χ1) is 9.85. The van der Waals surface area contributed by atoms with Crippen LogP contribution in [0, 0.1) is 5.41 Å². The van der Waals surface area contributed by atoms with Crippen molar-refractivity contribution in [2.24, 2.45) is 5.41 Å². The molecule has 1 aromatic rings. The molecule has 1 aliphatic rings. The van der Waals surface area contributed by atoms with Gasteiger partial charge < -0.3 is 15.2 Å². The van der Waals surface area contributed by atoms with E-state index in [1.807, 2.05) is 32.9 Å². The number of para-hydroxylation sites is 1. The Hall–Kier alpha value is -1.55. The smallest absolute Gasteiger partial charge is 0.255 e. The summed E-state index contributed by atoms with van der Waals surface area (Å²) in [4.78, 5) is 12.4. The molecule has 1 heterocycles. The van der Waals surface area contributed by atoms with Gasteiger partial charge >= 0.3 is 0 Å². The Morgan fingerprint density at radius 2 is 2.10 bits per heavy atom. The molecule has 0 spiro atoms. The molecule has 1 aromatic carbocycles. The van der Waals surface area contributed by atoms with Gasteiger partial charge in [-0.15, -0.1) is 0 Å². The minimum absolute atomic E-state index is 0.0970. The van der Waals surface area contributed by atoms with E-state index in [2.05, 4.69) is 12.2 Å². The van der Waals surface area contributed by atoms with Crippen molar-refractivity contribution < 1.29 is 14.6 Å². The summed E-state index contributed by atoms with van der Waals surface area (Å²) in [6, 6.07) is 5.73. The lowest BCUT2D eigenvalue weighted by Crippen LogP contribution is -2.34. The third-order valence-electron chi connectivity index (χ3n) is 4.30. The number of benzene rings is 1. The average Bonchev–Trinajstić information content (AvgIpc) is 2.72. The number of rotatable bonds is 5. The number of nitrogens with one attached hydrogen (secondary N) is 1. The molecule has 21 heavy (non-hydrogen) atoms. The van der Waals surface area contributed by atoms with Gasteiger partial charge in [0.2, 0.25) is 0 Å². The number of amides is 1. The van der Waals surface area contributed by atoms with Crippen molar-refractivity contribution >= 4 is 5.91 Å². The lowest BCUT2D eigenvalue weighted by atomic mass is 9.89. The highest BCUT2D eigenvalue weighted by atomic mass is 16.5. The van der Waals surface area contributed by atoms with Crippen molar-refractivity contribution in [1.29, 1.82) is 0 Å². The number of carbonyl (C=O) groups is 1. The maximum atomic E-state index is 12.4. The zero-order valence-corrected chi connectivity index (χ0v) is 13.3. The van der Waals surface area contributed by atoms with Crippen molar-refractivity contribution in [1.82, 2.24) is 5.32 Å². The molecule has 0 saturated heterocycles. The SMILES string of the molecule is CC1Oc2c(C(=O)NCC(C)(C)CCO)cccc2C1C. The van der Waals surface area contributed by atoms with E-state index in [-0.39, 0.29) is 24.0 Å². The van der Waals surface area contributed by atoms with Crippen molar-refractivity contribution in [2.75, 3.05) is 13.2 Å². The maximum Gasteiger partial charge on any atom is 0.255 e. The Kier molecular flexibility index (Phi) is 4.57. The third kappa shape index (κ3) is 3.38. The van der Waals surface area contributed by atoms with Crippen molar-refractivity contribution in [2.45, 2.75) is 46.1 Å². The van der Waals surface area contributed by atoms with Gasteiger partial charge in [0, 0.05) is 24.6 Å². The molecule has 4 nitrogen and oxygen atoms in total. The van der Waals surface area contributed by atoms with Crippen LogP contribution in [0.1, 0.15) is 56.0 Å². The molecule has 0 bridgehead atoms. The van der Waals surface area contributed by atoms with Gasteiger partial charge in [-0.1, -0.05) is 32.9 Å². The van der Waals surface area contributed by atoms with Gasteiger partial charge in [0.25, 0.3) is 5.91 Å². The van der Waals surface area contributed by atoms with Gasteiger partial charge in [-0.05, 0) is 24.8 Å². The largest absolute Gasteiger partial charge is 0.489 e. The van der Waals surface area contributed by atoms with E-state index < -0.39 is 0 Å². The van der Waals surface area contributed by atoms with E-state index in [1.54, 1.807) is 6.07 Å². The molecule has 0 radical (unpaired) electrons. The summed E-state index contributed by atoms with van der Waals surface area (Å²) in [5.74, 6) is 0.910. The first-order valence-corrected chi connectivity index (χ1v) is 7.54. The first-order valence-electron chi connectivity index (χ1n) is 7.54. The summed E-state index contributed by atoms with van der Waals surface area (Å²) in [7, 11) is 0. The minimum atomic E-state index is -0.121. The second kappa shape index (κ2) is 6.06. The molecule has 2 atom stereocenters. The molecule has 4 heteroatoms. The Bertz CT molecular complexity index is 525. The Morgan fingerprint density at radius 3 is 2.76 bits per heavy atom. The summed E-state index contributed by atoms with van der Waals surface area (Å²) < 4.78 is 5.85. The molecule has 1 aliphatic heterocycles. The molecule has 2 N–H and O–H groups in total. The molecule has 0 aromatic heterocycles. The summed E-state index contributed by atoms with van der Waals surface area (Å²) in [5, 5.41) is 12.0. The second-order valence-electron chi connectivity index (χ2n) is 6.66. The highest BCUT2D eigenvalue weighted by molar-refractivity contribution is 5.97. The zero-order valence-electron chi connectivity index (χ0n) is 13.3. The fourth-order valence-electron chi connectivity index (χ4n) is 2.57. The first kappa shape index (κ1) is 15.8. The van der Waals surface area contributed by atoms with Gasteiger partial charge in [-0.2, -0.15) is 0 Å². The molecule has 2 unspecified atom stereocenters. The lowest BCUT2D eigenvalue weighted by Gasteiger charge is -2.24. The van der Waals surface area contributed by atoms with Crippen molar-refractivity contribution in [3.8, 4) is 5.75 Å². The number of hydrogen-bond acceptors (Lipinski definition) is 3. The predicted molar refractivity (Wildman–Crippen MR) is 82.8 cm³/mol. The van der Waals surface area contributed by atoms with Gasteiger partial charge in [-0.25, -0.2) is 0 Å². The number of carbonyl (C=O) groups excluding carboxylic acids is 1. The van der Waals surface area contributed by atoms with E-state index in [1.165, 1.54) is 0 Å². The quantitative estimate of drug-likeness (QED) is 0.877. The Morgan fingerprint density at radius 1 is 1.38 bits per heavy atom. The monoisotopic (exact) mass is 291 g/mol. The highest BCUT2D eigenvalue weighted by Gasteiger charge is 2.31. The molecule has 0 aliphatic carbocycles. The van der Waals surface area contributed by atoms with Crippen LogP contribution >= 0.6 is 0 Å². The topological polar surface area (TPSA) is 58.6 Å². The number of fused-ring (bicyclic) bond motifs is 1. The molecule has 116 valence electrons. The van der Waals surface area contributed by atoms with Crippen LogP contribution in [0.3, 0.4) is 0 Å². The highest BCUT2D eigenvalue weighted by Crippen LogP contribution is 2.40. The molecule has 0 saturated carbocycles. The summed E-state index contributed by atoms with van der Waals surface area (Å²) >= 11 is 0. The Labute approximate surface area is 126 Å². The standard InChI is InChI=1S/C17H25NO3/c1-11-12(2)21-15-13(11)6-5-7-14(15)16(20)18-10-17(3,4)8-9-19/h5-7,11-12,19H,8-10H2,1-4H3,(H,18,20). The van der Waals surface area contributed by atoms with Crippen LogP contribution in [-0.4, -0.2) is 30.3 Å². The zero-order chi connectivity index (χ0) is 15.6. The fraction of sp³-hybridized carbons (Fsp3) is 0.588. The molecule has 1 amide bonds. The van der Waals surface area contributed by atoms with E-state index in [9.17, 15) is 4.79 Å². The van der Waals surface area contributed by atoms with Crippen LogP contribution in [0.4, 0.5) is 0 Å².